The van der Waals surface area contributed by atoms with E-state index in [2.05, 4.69) is 15.7 Å². The van der Waals surface area contributed by atoms with E-state index in [1.165, 1.54) is 12.1 Å². The Hall–Kier alpha value is -2.28. The summed E-state index contributed by atoms with van der Waals surface area (Å²) in [5.74, 6) is 6.02. The molecule has 0 unspecified atom stereocenters. The van der Waals surface area contributed by atoms with Gasteiger partial charge in [-0.05, 0) is 30.3 Å². The fourth-order valence-electron chi connectivity index (χ4n) is 1.51. The molecule has 0 bridgehead atoms. The Morgan fingerprint density at radius 3 is 2.37 bits per heavy atom. The molecule has 2 aromatic rings. The number of halogens is 3. The summed E-state index contributed by atoms with van der Waals surface area (Å²) in [7, 11) is 0. The summed E-state index contributed by atoms with van der Waals surface area (Å²) in [6, 6.07) is 9.83. The van der Waals surface area contributed by atoms with E-state index in [9.17, 15) is 13.2 Å². The monoisotopic (exact) mass is 268 g/mol. The SMILES string of the molecule is NNc1cccc(Nc2cccc(C(F)(F)F)c2)n1. The van der Waals surface area contributed by atoms with Gasteiger partial charge in [0, 0.05) is 5.69 Å². The number of hydrogen-bond donors (Lipinski definition) is 3. The highest BCUT2D eigenvalue weighted by molar-refractivity contribution is 5.58. The number of rotatable bonds is 3. The van der Waals surface area contributed by atoms with Crippen molar-refractivity contribution >= 4 is 17.3 Å². The van der Waals surface area contributed by atoms with Gasteiger partial charge in [-0.3, -0.25) is 0 Å². The van der Waals surface area contributed by atoms with Crippen LogP contribution in [0.25, 0.3) is 0 Å². The first-order valence-electron chi connectivity index (χ1n) is 5.37. The number of nitrogens with zero attached hydrogens (tertiary/aromatic N) is 1. The minimum absolute atomic E-state index is 0.302. The lowest BCUT2D eigenvalue weighted by molar-refractivity contribution is -0.137. The van der Waals surface area contributed by atoms with Gasteiger partial charge in [0.05, 0.1) is 5.56 Å². The van der Waals surface area contributed by atoms with Gasteiger partial charge in [0.2, 0.25) is 0 Å². The van der Waals surface area contributed by atoms with Gasteiger partial charge >= 0.3 is 6.18 Å². The zero-order valence-electron chi connectivity index (χ0n) is 9.70. The van der Waals surface area contributed by atoms with Gasteiger partial charge in [0.25, 0.3) is 0 Å². The summed E-state index contributed by atoms with van der Waals surface area (Å²) in [6.07, 6.45) is -4.37. The van der Waals surface area contributed by atoms with E-state index in [-0.39, 0.29) is 0 Å². The molecular formula is C12H11F3N4. The van der Waals surface area contributed by atoms with Gasteiger partial charge in [-0.1, -0.05) is 12.1 Å². The highest BCUT2D eigenvalue weighted by atomic mass is 19.4. The van der Waals surface area contributed by atoms with Crippen LogP contribution in [0.4, 0.5) is 30.5 Å². The number of anilines is 3. The lowest BCUT2D eigenvalue weighted by Gasteiger charge is -2.10. The van der Waals surface area contributed by atoms with Crippen LogP contribution >= 0.6 is 0 Å². The highest BCUT2D eigenvalue weighted by Gasteiger charge is 2.30. The fraction of sp³-hybridized carbons (Fsp3) is 0.0833. The molecule has 0 saturated carbocycles. The van der Waals surface area contributed by atoms with Crippen molar-refractivity contribution in [1.29, 1.82) is 0 Å². The minimum Gasteiger partial charge on any atom is -0.340 e. The van der Waals surface area contributed by atoms with Gasteiger partial charge in [-0.25, -0.2) is 10.8 Å². The third-order valence-corrected chi connectivity index (χ3v) is 2.36. The van der Waals surface area contributed by atoms with Gasteiger partial charge in [0.1, 0.15) is 11.6 Å². The molecule has 0 radical (unpaired) electrons. The normalized spacial score (nSPS) is 11.2. The van der Waals surface area contributed by atoms with Crippen molar-refractivity contribution in [2.75, 3.05) is 10.7 Å². The maximum atomic E-state index is 12.6. The molecule has 0 aliphatic rings. The number of alkyl halides is 3. The van der Waals surface area contributed by atoms with Crippen LogP contribution in [0.2, 0.25) is 0 Å². The number of benzene rings is 1. The Balaban J connectivity index is 2.23. The summed E-state index contributed by atoms with van der Waals surface area (Å²) in [6.45, 7) is 0. The van der Waals surface area contributed by atoms with Crippen LogP contribution in [0.3, 0.4) is 0 Å². The Bertz CT molecular complexity index is 569. The fourth-order valence-corrected chi connectivity index (χ4v) is 1.51. The second-order valence-electron chi connectivity index (χ2n) is 3.76. The van der Waals surface area contributed by atoms with Crippen molar-refractivity contribution in [2.24, 2.45) is 5.84 Å². The maximum Gasteiger partial charge on any atom is 0.416 e. The zero-order valence-corrected chi connectivity index (χ0v) is 9.70. The van der Waals surface area contributed by atoms with Crippen LogP contribution in [0.1, 0.15) is 5.56 Å². The van der Waals surface area contributed by atoms with Crippen molar-refractivity contribution in [3.05, 3.63) is 48.0 Å². The molecule has 1 heterocycles. The van der Waals surface area contributed by atoms with E-state index in [0.717, 1.165) is 12.1 Å². The molecule has 1 aromatic carbocycles. The van der Waals surface area contributed by atoms with Crippen LogP contribution in [0, 0.1) is 0 Å². The van der Waals surface area contributed by atoms with Crippen molar-refractivity contribution in [1.82, 2.24) is 4.98 Å². The average molecular weight is 268 g/mol. The number of nitrogen functional groups attached to an aromatic ring is 1. The molecule has 2 rings (SSSR count). The molecule has 1 aromatic heterocycles. The van der Waals surface area contributed by atoms with Crippen molar-refractivity contribution < 1.29 is 13.2 Å². The number of pyridine rings is 1. The first-order chi connectivity index (χ1) is 8.99. The molecule has 0 aliphatic heterocycles. The second-order valence-corrected chi connectivity index (χ2v) is 3.76. The predicted molar refractivity (Wildman–Crippen MR) is 66.8 cm³/mol. The summed E-state index contributed by atoms with van der Waals surface area (Å²) in [5.41, 5.74) is 1.94. The largest absolute Gasteiger partial charge is 0.416 e. The third kappa shape index (κ3) is 3.35. The predicted octanol–water partition coefficient (Wildman–Crippen LogP) is 3.13. The van der Waals surface area contributed by atoms with Crippen LogP contribution < -0.4 is 16.6 Å². The molecule has 0 fully saturated rings. The van der Waals surface area contributed by atoms with Crippen LogP contribution in [0.15, 0.2) is 42.5 Å². The van der Waals surface area contributed by atoms with Gasteiger partial charge in [-0.15, -0.1) is 0 Å². The van der Waals surface area contributed by atoms with E-state index in [4.69, 9.17) is 5.84 Å². The first-order valence-corrected chi connectivity index (χ1v) is 5.37. The standard InChI is InChI=1S/C12H11F3N4/c13-12(14,15)8-3-1-4-9(7-8)17-10-5-2-6-11(18-10)19-16/h1-7H,16H2,(H2,17,18,19). The van der Waals surface area contributed by atoms with Crippen LogP contribution in [0.5, 0.6) is 0 Å². The molecule has 0 spiro atoms. The Labute approximate surface area is 107 Å². The molecular weight excluding hydrogens is 257 g/mol. The number of aromatic nitrogens is 1. The molecule has 0 atom stereocenters. The molecule has 0 saturated heterocycles. The Morgan fingerprint density at radius 2 is 1.68 bits per heavy atom. The van der Waals surface area contributed by atoms with E-state index in [0.29, 0.717) is 17.3 Å². The quantitative estimate of drug-likeness (QED) is 0.591. The molecule has 0 aliphatic carbocycles. The molecule has 4 N–H and O–H groups in total. The van der Waals surface area contributed by atoms with E-state index in [1.807, 2.05) is 0 Å². The van der Waals surface area contributed by atoms with Crippen molar-refractivity contribution in [3.8, 4) is 0 Å². The lowest BCUT2D eigenvalue weighted by atomic mass is 10.2. The number of hydrazine groups is 1. The summed E-state index contributed by atoms with van der Waals surface area (Å²) >= 11 is 0. The third-order valence-electron chi connectivity index (χ3n) is 2.36. The zero-order chi connectivity index (χ0) is 13.9. The van der Waals surface area contributed by atoms with Gasteiger partial charge in [-0.2, -0.15) is 13.2 Å². The Morgan fingerprint density at radius 1 is 1.00 bits per heavy atom. The van der Waals surface area contributed by atoms with Crippen molar-refractivity contribution in [3.63, 3.8) is 0 Å². The molecule has 100 valence electrons. The molecule has 4 nitrogen and oxygen atoms in total. The first kappa shape index (κ1) is 13.2. The van der Waals surface area contributed by atoms with Crippen molar-refractivity contribution in [2.45, 2.75) is 6.18 Å². The minimum atomic E-state index is -4.37. The maximum absolute atomic E-state index is 12.6. The Kier molecular flexibility index (Phi) is 3.57. The summed E-state index contributed by atoms with van der Waals surface area (Å²) < 4.78 is 37.7. The number of nitrogens with one attached hydrogen (secondary N) is 2. The molecule has 7 heteroatoms. The molecule has 19 heavy (non-hydrogen) atoms. The van der Waals surface area contributed by atoms with E-state index >= 15 is 0 Å². The second kappa shape index (κ2) is 5.15. The van der Waals surface area contributed by atoms with Crippen LogP contribution in [-0.4, -0.2) is 4.98 Å². The smallest absolute Gasteiger partial charge is 0.340 e. The van der Waals surface area contributed by atoms with Gasteiger partial charge < -0.3 is 10.7 Å². The average Bonchev–Trinajstić information content (AvgIpc) is 2.38. The van der Waals surface area contributed by atoms with Gasteiger partial charge in [0.15, 0.2) is 0 Å². The molecule has 0 amide bonds. The number of nitrogens with two attached hydrogens (primary N) is 1. The topological polar surface area (TPSA) is 63.0 Å². The highest BCUT2D eigenvalue weighted by Crippen LogP contribution is 2.31. The van der Waals surface area contributed by atoms with E-state index < -0.39 is 11.7 Å². The summed E-state index contributed by atoms with van der Waals surface area (Å²) in [5, 5.41) is 2.78. The summed E-state index contributed by atoms with van der Waals surface area (Å²) in [4.78, 5) is 4.05. The van der Waals surface area contributed by atoms with Crippen LogP contribution in [-0.2, 0) is 6.18 Å². The lowest BCUT2D eigenvalue weighted by Crippen LogP contribution is -2.09. The van der Waals surface area contributed by atoms with E-state index in [1.54, 1.807) is 18.2 Å². The number of hydrogen-bond acceptors (Lipinski definition) is 4.